The summed E-state index contributed by atoms with van der Waals surface area (Å²) in [5.74, 6) is -0.280. The van der Waals surface area contributed by atoms with Crippen LogP contribution in [0.1, 0.15) is 51.1 Å². The molecule has 3 nitrogen and oxygen atoms in total. The van der Waals surface area contributed by atoms with E-state index < -0.39 is 0 Å². The summed E-state index contributed by atoms with van der Waals surface area (Å²) in [6.45, 7) is 2.21. The zero-order chi connectivity index (χ0) is 19.4. The third kappa shape index (κ3) is 2.26. The molecule has 28 heavy (non-hydrogen) atoms. The number of allylic oxidation sites excluding steroid dienone is 1. The van der Waals surface area contributed by atoms with Gasteiger partial charge in [-0.15, -0.1) is 0 Å². The summed E-state index contributed by atoms with van der Waals surface area (Å²) in [4.78, 5) is 12.5. The van der Waals surface area contributed by atoms with E-state index in [1.54, 1.807) is 0 Å². The van der Waals surface area contributed by atoms with Crippen LogP contribution in [0.2, 0.25) is 0 Å². The number of carbonyl (C=O) groups excluding carboxylic acids is 1. The molecule has 0 unspecified atom stereocenters. The monoisotopic (exact) mass is 369 g/mol. The van der Waals surface area contributed by atoms with E-state index in [4.69, 9.17) is 4.74 Å². The van der Waals surface area contributed by atoms with Crippen molar-refractivity contribution in [1.29, 1.82) is 0 Å². The van der Waals surface area contributed by atoms with E-state index in [0.29, 0.717) is 5.56 Å². The quantitative estimate of drug-likeness (QED) is 0.421. The number of rotatable bonds is 1. The number of benzene rings is 2. The maximum Gasteiger partial charge on any atom is 0.340 e. The number of aromatic nitrogens is 1. The Kier molecular flexibility index (Phi) is 3.80. The van der Waals surface area contributed by atoms with E-state index in [9.17, 15) is 4.79 Å². The molecule has 2 aromatic carbocycles. The fraction of sp³-hybridized carbons (Fsp3) is 0.240. The van der Waals surface area contributed by atoms with Crippen LogP contribution in [0, 0.1) is 6.92 Å². The number of methoxy groups -OCH3 is 1. The van der Waals surface area contributed by atoms with Gasteiger partial charge in [0.25, 0.3) is 0 Å². The van der Waals surface area contributed by atoms with Crippen LogP contribution in [0.4, 0.5) is 0 Å². The van der Waals surface area contributed by atoms with Gasteiger partial charge in [0, 0.05) is 24.4 Å². The number of esters is 1. The first-order chi connectivity index (χ1) is 13.6. The first-order valence-electron chi connectivity index (χ1n) is 9.81. The van der Waals surface area contributed by atoms with E-state index >= 15 is 0 Å². The molecule has 0 amide bonds. The number of hydrogen-bond donors (Lipinski definition) is 0. The molecule has 1 heterocycles. The third-order valence-corrected chi connectivity index (χ3v) is 6.12. The van der Waals surface area contributed by atoms with E-state index in [1.165, 1.54) is 40.5 Å². The van der Waals surface area contributed by atoms with Gasteiger partial charge in [-0.3, -0.25) is 0 Å². The van der Waals surface area contributed by atoms with Crippen molar-refractivity contribution in [3.05, 3.63) is 82.2 Å². The molecule has 0 radical (unpaired) electrons. The predicted molar refractivity (Wildman–Crippen MR) is 112 cm³/mol. The molecule has 140 valence electrons. The highest BCUT2D eigenvalue weighted by Gasteiger charge is 2.34. The molecule has 0 saturated carbocycles. The highest BCUT2D eigenvalue weighted by Crippen LogP contribution is 2.51. The van der Waals surface area contributed by atoms with Crippen molar-refractivity contribution in [1.82, 2.24) is 4.57 Å². The summed E-state index contributed by atoms with van der Waals surface area (Å²) < 4.78 is 7.17. The summed E-state index contributed by atoms with van der Waals surface area (Å²) in [7, 11) is 3.47. The molecular formula is C25H23NO2. The molecule has 0 saturated heterocycles. The first kappa shape index (κ1) is 17.1. The van der Waals surface area contributed by atoms with Crippen molar-refractivity contribution in [3.8, 4) is 11.1 Å². The van der Waals surface area contributed by atoms with E-state index in [2.05, 4.69) is 47.9 Å². The van der Waals surface area contributed by atoms with Gasteiger partial charge in [-0.25, -0.2) is 4.79 Å². The smallest absolute Gasteiger partial charge is 0.340 e. The van der Waals surface area contributed by atoms with Crippen LogP contribution in [0.25, 0.3) is 22.3 Å². The van der Waals surface area contributed by atoms with Crippen molar-refractivity contribution in [2.75, 3.05) is 7.11 Å². The summed E-state index contributed by atoms with van der Waals surface area (Å²) in [6.07, 6.45) is 5.25. The standard InChI is InChI=1S/C25H23NO2/c1-15-8-6-9-16-10-7-13-19(21(15)16)22-17-11-4-5-12-18(17)23-20(25(27)28-3)14-26(2)24(22)23/h4-6,8-9,11-12,14H,7,10,13H2,1-3H3/b22-19-. The zero-order valence-electron chi connectivity index (χ0n) is 16.5. The van der Waals surface area contributed by atoms with Gasteiger partial charge in [-0.1, -0.05) is 42.5 Å². The Labute approximate surface area is 165 Å². The summed E-state index contributed by atoms with van der Waals surface area (Å²) in [5.41, 5.74) is 12.0. The molecule has 3 aromatic rings. The Hall–Kier alpha value is -3.07. The van der Waals surface area contributed by atoms with Crippen molar-refractivity contribution in [2.24, 2.45) is 7.05 Å². The Morgan fingerprint density at radius 2 is 1.79 bits per heavy atom. The summed E-state index contributed by atoms with van der Waals surface area (Å²) >= 11 is 0. The van der Waals surface area contributed by atoms with Crippen molar-refractivity contribution >= 4 is 17.1 Å². The van der Waals surface area contributed by atoms with Crippen LogP contribution < -0.4 is 0 Å². The molecule has 0 spiro atoms. The van der Waals surface area contributed by atoms with Gasteiger partial charge in [0.15, 0.2) is 0 Å². The number of fused-ring (bicyclic) bond motifs is 4. The van der Waals surface area contributed by atoms with Gasteiger partial charge >= 0.3 is 5.97 Å². The lowest BCUT2D eigenvalue weighted by atomic mass is 9.81. The van der Waals surface area contributed by atoms with Crippen LogP contribution in [0.3, 0.4) is 0 Å². The molecule has 0 aliphatic heterocycles. The molecule has 0 fully saturated rings. The maximum absolute atomic E-state index is 12.5. The lowest BCUT2D eigenvalue weighted by Crippen LogP contribution is -2.07. The fourth-order valence-corrected chi connectivity index (χ4v) is 5.02. The van der Waals surface area contributed by atoms with Gasteiger partial charge in [0.05, 0.1) is 18.4 Å². The van der Waals surface area contributed by atoms with Crippen molar-refractivity contribution in [2.45, 2.75) is 26.2 Å². The van der Waals surface area contributed by atoms with E-state index in [-0.39, 0.29) is 5.97 Å². The maximum atomic E-state index is 12.5. The van der Waals surface area contributed by atoms with Gasteiger partial charge < -0.3 is 9.30 Å². The fourth-order valence-electron chi connectivity index (χ4n) is 5.02. The van der Waals surface area contributed by atoms with Gasteiger partial charge in [-0.05, 0) is 59.6 Å². The number of ether oxygens (including phenoxy) is 1. The molecule has 0 atom stereocenters. The number of carbonyl (C=O) groups is 1. The van der Waals surface area contributed by atoms with Crippen LogP contribution in [-0.4, -0.2) is 17.6 Å². The Morgan fingerprint density at radius 1 is 1.00 bits per heavy atom. The van der Waals surface area contributed by atoms with E-state index in [1.807, 2.05) is 19.3 Å². The number of aryl methyl sites for hydroxylation is 3. The minimum absolute atomic E-state index is 0.280. The minimum Gasteiger partial charge on any atom is -0.465 e. The first-order valence-corrected chi connectivity index (χ1v) is 9.81. The summed E-state index contributed by atoms with van der Waals surface area (Å²) in [6, 6.07) is 15.1. The second kappa shape index (κ2) is 6.23. The highest BCUT2D eigenvalue weighted by molar-refractivity contribution is 6.14. The van der Waals surface area contributed by atoms with Gasteiger partial charge in [-0.2, -0.15) is 0 Å². The Morgan fingerprint density at radius 3 is 2.57 bits per heavy atom. The lowest BCUT2D eigenvalue weighted by molar-refractivity contribution is 0.0601. The largest absolute Gasteiger partial charge is 0.465 e. The Balaban J connectivity index is 1.90. The summed E-state index contributed by atoms with van der Waals surface area (Å²) in [5, 5.41) is 0. The van der Waals surface area contributed by atoms with Crippen molar-refractivity contribution in [3.63, 3.8) is 0 Å². The van der Waals surface area contributed by atoms with Crippen LogP contribution >= 0.6 is 0 Å². The van der Waals surface area contributed by atoms with Crippen LogP contribution in [0.15, 0.2) is 48.7 Å². The van der Waals surface area contributed by atoms with Crippen LogP contribution in [-0.2, 0) is 18.2 Å². The predicted octanol–water partition coefficient (Wildman–Crippen LogP) is 5.40. The van der Waals surface area contributed by atoms with E-state index in [0.717, 1.165) is 36.1 Å². The lowest BCUT2D eigenvalue weighted by Gasteiger charge is -2.24. The molecule has 2 aliphatic carbocycles. The average molecular weight is 369 g/mol. The molecule has 0 bridgehead atoms. The SMILES string of the molecule is COC(=O)c1cn(C)c2c1-c1ccccc1/C2=C1\CCCc2cccc(C)c21. The second-order valence-corrected chi connectivity index (χ2v) is 7.73. The third-order valence-electron chi connectivity index (χ3n) is 6.12. The van der Waals surface area contributed by atoms with Gasteiger partial charge in [0.1, 0.15) is 0 Å². The molecule has 0 N–H and O–H groups in total. The molecule has 1 aromatic heterocycles. The topological polar surface area (TPSA) is 31.2 Å². The van der Waals surface area contributed by atoms with Crippen molar-refractivity contribution < 1.29 is 9.53 Å². The average Bonchev–Trinajstić information content (AvgIpc) is 3.23. The number of hydrogen-bond acceptors (Lipinski definition) is 2. The number of nitrogens with zero attached hydrogens (tertiary/aromatic N) is 1. The van der Waals surface area contributed by atoms with Crippen LogP contribution in [0.5, 0.6) is 0 Å². The molecule has 3 heteroatoms. The molecule has 2 aliphatic rings. The molecular weight excluding hydrogens is 346 g/mol. The second-order valence-electron chi connectivity index (χ2n) is 7.73. The Bertz CT molecular complexity index is 1160. The van der Waals surface area contributed by atoms with Gasteiger partial charge in [0.2, 0.25) is 0 Å². The normalized spacial score (nSPS) is 17.1. The molecule has 5 rings (SSSR count). The minimum atomic E-state index is -0.280. The highest BCUT2D eigenvalue weighted by atomic mass is 16.5. The zero-order valence-corrected chi connectivity index (χ0v) is 16.5.